The topological polar surface area (TPSA) is 112 Å². The van der Waals surface area contributed by atoms with E-state index in [1.165, 1.54) is 0 Å². The normalized spacial score (nSPS) is 7.58. The van der Waals surface area contributed by atoms with Gasteiger partial charge in [-0.15, -0.1) is 18.2 Å². The van der Waals surface area contributed by atoms with Crippen molar-refractivity contribution in [1.82, 2.24) is 0 Å². The van der Waals surface area contributed by atoms with Gasteiger partial charge in [0.1, 0.15) is 0 Å². The van der Waals surface area contributed by atoms with Gasteiger partial charge in [0.15, 0.2) is 0 Å². The number of benzene rings is 1. The van der Waals surface area contributed by atoms with Gasteiger partial charge in [0.25, 0.3) is 11.9 Å². The molecule has 1 radical (unpaired) electrons. The minimum Gasteiger partial charge on any atom is -0.513 e. The molecule has 7 heteroatoms. The Morgan fingerprint density at radius 3 is 1.32 bits per heavy atom. The molecule has 0 unspecified atom stereocenters. The zero-order chi connectivity index (χ0) is 11.6. The first kappa shape index (κ1) is 25.9. The number of hydrogen-bond acceptors (Lipinski definition) is 3. The summed E-state index contributed by atoms with van der Waals surface area (Å²) in [6.07, 6.45) is 0. The van der Waals surface area contributed by atoms with Gasteiger partial charge in [0.05, 0.1) is 0 Å². The summed E-state index contributed by atoms with van der Waals surface area (Å²) in [6.45, 7) is 0. The van der Waals surface area contributed by atoms with Crippen molar-refractivity contribution in [2.75, 3.05) is 0 Å². The SMILES string of the molecule is O=C(O)c1[c-]c(C(=O)O)cc(C(=O)O)c1.[CH3-].[CH3-].[CH3-].[Co]. The van der Waals surface area contributed by atoms with Crippen LogP contribution in [0.25, 0.3) is 0 Å². The van der Waals surface area contributed by atoms with Crippen LogP contribution in [0.2, 0.25) is 0 Å². The zero-order valence-corrected chi connectivity index (χ0v) is 11.6. The Hall–Kier alpha value is -1.86. The first-order valence-electron chi connectivity index (χ1n) is 3.69. The molecule has 1 aromatic rings. The van der Waals surface area contributed by atoms with Crippen molar-refractivity contribution < 1.29 is 46.5 Å². The van der Waals surface area contributed by atoms with E-state index >= 15 is 0 Å². The van der Waals surface area contributed by atoms with Crippen LogP contribution in [0, 0.1) is 28.3 Å². The van der Waals surface area contributed by atoms with E-state index in [1.807, 2.05) is 0 Å². The molecular weight excluding hydrogens is 299 g/mol. The molecule has 0 aliphatic carbocycles. The third kappa shape index (κ3) is 6.58. The Labute approximate surface area is 122 Å². The predicted molar refractivity (Wildman–Crippen MR) is 65.4 cm³/mol. The molecule has 0 atom stereocenters. The maximum absolute atomic E-state index is 10.6. The second-order valence-electron chi connectivity index (χ2n) is 2.61. The average molecular weight is 313 g/mol. The summed E-state index contributed by atoms with van der Waals surface area (Å²) in [5.74, 6) is -4.25. The first-order valence-corrected chi connectivity index (χ1v) is 3.69. The predicted octanol–water partition coefficient (Wildman–Crippen LogP) is 1.93. The standard InChI is InChI=1S/C9H5O6.3CH3.Co/c10-7(11)4-1-5(8(12)13)3-6(2-4)9(14)15;;;;/h1-2H,(H,10,11)(H,12,13)(H,14,15);3*1H3;/q4*-1;. The van der Waals surface area contributed by atoms with Crippen LogP contribution in [0.3, 0.4) is 0 Å². The fourth-order valence-corrected chi connectivity index (χ4v) is 0.924. The summed E-state index contributed by atoms with van der Waals surface area (Å²) < 4.78 is 0. The van der Waals surface area contributed by atoms with Crippen molar-refractivity contribution in [1.29, 1.82) is 0 Å². The summed E-state index contributed by atoms with van der Waals surface area (Å²) in [4.78, 5) is 31.6. The molecule has 0 aromatic heterocycles. The Morgan fingerprint density at radius 1 is 0.789 bits per heavy atom. The van der Waals surface area contributed by atoms with Gasteiger partial charge < -0.3 is 37.6 Å². The summed E-state index contributed by atoms with van der Waals surface area (Å²) in [7, 11) is 0. The second-order valence-corrected chi connectivity index (χ2v) is 2.61. The quantitative estimate of drug-likeness (QED) is 0.735. The number of rotatable bonds is 3. The fraction of sp³-hybridized carbons (Fsp3) is 0. The monoisotopic (exact) mass is 313 g/mol. The van der Waals surface area contributed by atoms with E-state index in [-0.39, 0.29) is 39.1 Å². The molecule has 0 fully saturated rings. The van der Waals surface area contributed by atoms with Crippen LogP contribution in [0.1, 0.15) is 31.1 Å². The van der Waals surface area contributed by atoms with E-state index in [0.717, 1.165) is 12.1 Å². The van der Waals surface area contributed by atoms with E-state index in [4.69, 9.17) is 15.3 Å². The van der Waals surface area contributed by atoms with E-state index in [2.05, 4.69) is 6.07 Å². The number of aromatic carboxylic acids is 3. The number of carbonyl (C=O) groups is 3. The summed E-state index contributed by atoms with van der Waals surface area (Å²) >= 11 is 0. The third-order valence-electron chi connectivity index (χ3n) is 1.58. The van der Waals surface area contributed by atoms with Crippen LogP contribution >= 0.6 is 0 Å². The van der Waals surface area contributed by atoms with E-state index in [1.54, 1.807) is 0 Å². The molecule has 0 heterocycles. The molecule has 0 aliphatic heterocycles. The van der Waals surface area contributed by atoms with Gasteiger partial charge >= 0.3 is 5.97 Å². The maximum Gasteiger partial charge on any atom is 0.320 e. The van der Waals surface area contributed by atoms with Crippen LogP contribution in [0.15, 0.2) is 12.1 Å². The Balaban J connectivity index is -0.000000281. The maximum atomic E-state index is 10.6. The van der Waals surface area contributed by atoms with Gasteiger partial charge in [-0.05, 0) is 16.7 Å². The molecule has 0 spiro atoms. The van der Waals surface area contributed by atoms with Crippen molar-refractivity contribution in [2.24, 2.45) is 0 Å². The summed E-state index contributed by atoms with van der Waals surface area (Å²) in [5, 5.41) is 25.8. The number of carboxylic acids is 3. The van der Waals surface area contributed by atoms with Gasteiger partial charge in [-0.25, -0.2) is 4.79 Å². The molecular formula is C12H14CoO6-4. The molecule has 0 bridgehead atoms. The van der Waals surface area contributed by atoms with Crippen molar-refractivity contribution in [3.63, 3.8) is 0 Å². The van der Waals surface area contributed by atoms with E-state index in [0.29, 0.717) is 0 Å². The molecule has 111 valence electrons. The summed E-state index contributed by atoms with van der Waals surface area (Å²) in [5.41, 5.74) is -1.39. The molecule has 3 N–H and O–H groups in total. The van der Waals surface area contributed by atoms with Crippen LogP contribution in [-0.4, -0.2) is 33.2 Å². The molecule has 19 heavy (non-hydrogen) atoms. The summed E-state index contributed by atoms with van der Waals surface area (Å²) in [6, 6.07) is 3.76. The second kappa shape index (κ2) is 10.1. The van der Waals surface area contributed by atoms with Crippen LogP contribution in [-0.2, 0) is 16.8 Å². The van der Waals surface area contributed by atoms with Gasteiger partial charge in [-0.3, -0.25) is 9.59 Å². The van der Waals surface area contributed by atoms with Crippen LogP contribution in [0.4, 0.5) is 0 Å². The molecule has 0 aliphatic rings. The molecule has 0 saturated carbocycles. The van der Waals surface area contributed by atoms with Gasteiger partial charge in [-0.2, -0.15) is 0 Å². The van der Waals surface area contributed by atoms with Crippen LogP contribution in [0.5, 0.6) is 0 Å². The first-order chi connectivity index (χ1) is 6.91. The van der Waals surface area contributed by atoms with E-state index < -0.39 is 34.6 Å². The smallest absolute Gasteiger partial charge is 0.320 e. The number of hydrogen-bond donors (Lipinski definition) is 3. The third-order valence-corrected chi connectivity index (χ3v) is 1.58. The van der Waals surface area contributed by atoms with Crippen LogP contribution < -0.4 is 0 Å². The molecule has 0 amide bonds. The molecule has 0 saturated heterocycles. The van der Waals surface area contributed by atoms with Crippen molar-refractivity contribution >= 4 is 17.9 Å². The zero-order valence-electron chi connectivity index (χ0n) is 10.6. The minimum absolute atomic E-state index is 0. The fourth-order valence-electron chi connectivity index (χ4n) is 0.924. The number of carboxylic acid groups (broad SMARTS) is 3. The Kier molecular flexibility index (Phi) is 13.7. The molecule has 1 aromatic carbocycles. The van der Waals surface area contributed by atoms with Crippen molar-refractivity contribution in [3.05, 3.63) is 57.2 Å². The minimum atomic E-state index is -1.43. The van der Waals surface area contributed by atoms with Crippen molar-refractivity contribution in [3.8, 4) is 0 Å². The average Bonchev–Trinajstić information content (AvgIpc) is 2.16. The van der Waals surface area contributed by atoms with E-state index in [9.17, 15) is 14.4 Å². The largest absolute Gasteiger partial charge is 0.513 e. The molecule has 1 rings (SSSR count). The Bertz CT molecular complexity index is 377. The van der Waals surface area contributed by atoms with Gasteiger partial charge in [0, 0.05) is 16.8 Å². The van der Waals surface area contributed by atoms with Crippen molar-refractivity contribution in [2.45, 2.75) is 0 Å². The molecule has 6 nitrogen and oxygen atoms in total. The van der Waals surface area contributed by atoms with Gasteiger partial charge in [-0.1, -0.05) is 0 Å². The Morgan fingerprint density at radius 2 is 1.11 bits per heavy atom. The van der Waals surface area contributed by atoms with Gasteiger partial charge in [0.2, 0.25) is 0 Å².